The van der Waals surface area contributed by atoms with Gasteiger partial charge in [-0.05, 0) is 24.5 Å². The molecule has 0 atom stereocenters. The molecule has 0 bridgehead atoms. The lowest BCUT2D eigenvalue weighted by Crippen LogP contribution is -2.32. The van der Waals surface area contributed by atoms with E-state index in [4.69, 9.17) is 0 Å². The van der Waals surface area contributed by atoms with Crippen molar-refractivity contribution in [1.82, 2.24) is 10.6 Å². The Balaban J connectivity index is 1.64. The van der Waals surface area contributed by atoms with E-state index in [9.17, 15) is 9.59 Å². The van der Waals surface area contributed by atoms with Crippen LogP contribution in [0.4, 0.5) is 0 Å². The number of nitrogens with one attached hydrogen (secondary N) is 2. The summed E-state index contributed by atoms with van der Waals surface area (Å²) in [5.41, 5.74) is 3.36. The van der Waals surface area contributed by atoms with E-state index < -0.39 is 0 Å². The molecule has 4 heteroatoms. The molecule has 0 radical (unpaired) electrons. The maximum absolute atomic E-state index is 11.8. The van der Waals surface area contributed by atoms with Gasteiger partial charge in [-0.25, -0.2) is 0 Å². The topological polar surface area (TPSA) is 58.2 Å². The van der Waals surface area contributed by atoms with Gasteiger partial charge >= 0.3 is 0 Å². The van der Waals surface area contributed by atoms with Crippen molar-refractivity contribution in [1.29, 1.82) is 0 Å². The molecular formula is C19H22N2O2. The quantitative estimate of drug-likeness (QED) is 0.771. The van der Waals surface area contributed by atoms with E-state index in [0.717, 1.165) is 17.5 Å². The van der Waals surface area contributed by atoms with E-state index in [0.29, 0.717) is 13.1 Å². The van der Waals surface area contributed by atoms with Crippen molar-refractivity contribution in [2.24, 2.45) is 0 Å². The Morgan fingerprint density at radius 1 is 0.826 bits per heavy atom. The molecule has 0 saturated carbocycles. The Kier molecular flexibility index (Phi) is 6.36. The standard InChI is InChI=1S/C19H22N2O2/c1-15-7-9-17(10-8-15)14-21-19(23)13-18(22)20-12-11-16-5-3-2-4-6-16/h2-10H,11-14H2,1H3,(H,20,22)(H,21,23). The highest BCUT2D eigenvalue weighted by Gasteiger charge is 2.08. The van der Waals surface area contributed by atoms with Gasteiger partial charge in [0.15, 0.2) is 0 Å². The summed E-state index contributed by atoms with van der Waals surface area (Å²) in [4.78, 5) is 23.5. The monoisotopic (exact) mass is 310 g/mol. The maximum Gasteiger partial charge on any atom is 0.229 e. The average molecular weight is 310 g/mol. The number of hydrogen-bond donors (Lipinski definition) is 2. The molecule has 0 fully saturated rings. The van der Waals surface area contributed by atoms with E-state index in [1.54, 1.807) is 0 Å². The Morgan fingerprint density at radius 2 is 1.48 bits per heavy atom. The van der Waals surface area contributed by atoms with Gasteiger partial charge in [0.1, 0.15) is 6.42 Å². The van der Waals surface area contributed by atoms with Gasteiger partial charge in [-0.15, -0.1) is 0 Å². The zero-order valence-electron chi connectivity index (χ0n) is 13.3. The van der Waals surface area contributed by atoms with E-state index >= 15 is 0 Å². The van der Waals surface area contributed by atoms with Crippen LogP contribution in [0.5, 0.6) is 0 Å². The van der Waals surface area contributed by atoms with Gasteiger partial charge in [-0.2, -0.15) is 0 Å². The number of amides is 2. The molecule has 0 aliphatic carbocycles. The minimum atomic E-state index is -0.261. The largest absolute Gasteiger partial charge is 0.355 e. The summed E-state index contributed by atoms with van der Waals surface area (Å²) >= 11 is 0. The molecule has 0 aliphatic heterocycles. The highest BCUT2D eigenvalue weighted by atomic mass is 16.2. The first-order chi connectivity index (χ1) is 11.1. The molecule has 2 rings (SSSR count). The second-order valence-electron chi connectivity index (χ2n) is 5.52. The zero-order valence-corrected chi connectivity index (χ0v) is 13.3. The molecule has 0 unspecified atom stereocenters. The Labute approximate surface area is 136 Å². The molecule has 2 aromatic rings. The second kappa shape index (κ2) is 8.73. The Bertz CT molecular complexity index is 636. The van der Waals surface area contributed by atoms with Gasteiger partial charge in [0, 0.05) is 13.1 Å². The fourth-order valence-electron chi connectivity index (χ4n) is 2.17. The van der Waals surface area contributed by atoms with Crippen molar-refractivity contribution in [3.63, 3.8) is 0 Å². The lowest BCUT2D eigenvalue weighted by molar-refractivity contribution is -0.129. The predicted octanol–water partition coefficient (Wildman–Crippen LogP) is 2.36. The third kappa shape index (κ3) is 6.34. The molecule has 2 amide bonds. The molecule has 2 aromatic carbocycles. The minimum absolute atomic E-state index is 0.138. The zero-order chi connectivity index (χ0) is 16.5. The van der Waals surface area contributed by atoms with Crippen LogP contribution < -0.4 is 10.6 Å². The summed E-state index contributed by atoms with van der Waals surface area (Å²) in [7, 11) is 0. The van der Waals surface area contributed by atoms with Gasteiger partial charge in [-0.3, -0.25) is 9.59 Å². The maximum atomic E-state index is 11.8. The molecule has 0 heterocycles. The number of carbonyl (C=O) groups is 2. The normalized spacial score (nSPS) is 10.1. The van der Waals surface area contributed by atoms with Gasteiger partial charge in [0.25, 0.3) is 0 Å². The molecule has 0 spiro atoms. The van der Waals surface area contributed by atoms with Crippen molar-refractivity contribution in [2.75, 3.05) is 6.54 Å². The van der Waals surface area contributed by atoms with Crippen LogP contribution in [0.1, 0.15) is 23.1 Å². The fourth-order valence-corrected chi connectivity index (χ4v) is 2.17. The van der Waals surface area contributed by atoms with E-state index in [1.165, 1.54) is 5.56 Å². The molecule has 2 N–H and O–H groups in total. The van der Waals surface area contributed by atoms with Crippen LogP contribution in [0.3, 0.4) is 0 Å². The Morgan fingerprint density at radius 3 is 2.17 bits per heavy atom. The van der Waals surface area contributed by atoms with Crippen LogP contribution >= 0.6 is 0 Å². The van der Waals surface area contributed by atoms with Crippen LogP contribution in [-0.2, 0) is 22.6 Å². The molecule has 0 aliphatic rings. The van der Waals surface area contributed by atoms with Gasteiger partial charge in [-0.1, -0.05) is 60.2 Å². The first kappa shape index (κ1) is 16.7. The van der Waals surface area contributed by atoms with Crippen molar-refractivity contribution >= 4 is 11.8 Å². The molecule has 23 heavy (non-hydrogen) atoms. The SMILES string of the molecule is Cc1ccc(CNC(=O)CC(=O)NCCc2ccccc2)cc1. The van der Waals surface area contributed by atoms with Gasteiger partial charge in [0.2, 0.25) is 11.8 Å². The molecular weight excluding hydrogens is 288 g/mol. The van der Waals surface area contributed by atoms with E-state index in [1.807, 2.05) is 61.5 Å². The third-order valence-corrected chi connectivity index (χ3v) is 3.51. The first-order valence-electron chi connectivity index (χ1n) is 7.76. The number of benzene rings is 2. The molecule has 4 nitrogen and oxygen atoms in total. The summed E-state index contributed by atoms with van der Waals surface area (Å²) in [5.74, 6) is -0.509. The van der Waals surface area contributed by atoms with Gasteiger partial charge < -0.3 is 10.6 Å². The van der Waals surface area contributed by atoms with Crippen molar-refractivity contribution in [2.45, 2.75) is 26.3 Å². The van der Waals surface area contributed by atoms with Crippen LogP contribution in [0.25, 0.3) is 0 Å². The average Bonchev–Trinajstić information content (AvgIpc) is 2.55. The highest BCUT2D eigenvalue weighted by molar-refractivity contribution is 5.96. The lowest BCUT2D eigenvalue weighted by atomic mass is 10.1. The summed E-state index contributed by atoms with van der Waals surface area (Å²) in [6.45, 7) is 2.99. The Hall–Kier alpha value is -2.62. The van der Waals surface area contributed by atoms with Crippen LogP contribution in [0.15, 0.2) is 54.6 Å². The van der Waals surface area contributed by atoms with Crippen LogP contribution in [0, 0.1) is 6.92 Å². The first-order valence-corrected chi connectivity index (χ1v) is 7.76. The highest BCUT2D eigenvalue weighted by Crippen LogP contribution is 2.02. The lowest BCUT2D eigenvalue weighted by Gasteiger charge is -2.07. The number of carbonyl (C=O) groups excluding carboxylic acids is 2. The van der Waals surface area contributed by atoms with Crippen LogP contribution in [0.2, 0.25) is 0 Å². The summed E-state index contributed by atoms with van der Waals surface area (Å²) < 4.78 is 0. The van der Waals surface area contributed by atoms with E-state index in [-0.39, 0.29) is 18.2 Å². The number of rotatable bonds is 7. The van der Waals surface area contributed by atoms with Crippen molar-refractivity contribution < 1.29 is 9.59 Å². The third-order valence-electron chi connectivity index (χ3n) is 3.51. The number of hydrogen-bond acceptors (Lipinski definition) is 2. The summed E-state index contributed by atoms with van der Waals surface area (Å²) in [6, 6.07) is 17.9. The molecule has 120 valence electrons. The van der Waals surface area contributed by atoms with Crippen LogP contribution in [-0.4, -0.2) is 18.4 Å². The smallest absolute Gasteiger partial charge is 0.229 e. The van der Waals surface area contributed by atoms with Crippen molar-refractivity contribution in [3.8, 4) is 0 Å². The number of aryl methyl sites for hydroxylation is 1. The summed E-state index contributed by atoms with van der Waals surface area (Å²) in [6.07, 6.45) is 0.623. The van der Waals surface area contributed by atoms with E-state index in [2.05, 4.69) is 10.6 Å². The van der Waals surface area contributed by atoms with Crippen molar-refractivity contribution in [3.05, 3.63) is 71.3 Å². The van der Waals surface area contributed by atoms with Gasteiger partial charge in [0.05, 0.1) is 0 Å². The summed E-state index contributed by atoms with van der Waals surface area (Å²) in [5, 5.41) is 5.53. The fraction of sp³-hybridized carbons (Fsp3) is 0.263. The molecule has 0 saturated heterocycles. The second-order valence-corrected chi connectivity index (χ2v) is 5.52. The minimum Gasteiger partial charge on any atom is -0.355 e. The molecule has 0 aromatic heterocycles. The predicted molar refractivity (Wildman–Crippen MR) is 90.8 cm³/mol.